The molecule has 0 bridgehead atoms. The van der Waals surface area contributed by atoms with Gasteiger partial charge in [-0.1, -0.05) is 12.2 Å². The lowest BCUT2D eigenvalue weighted by Gasteiger charge is -1.93. The Kier molecular flexibility index (Phi) is 2.36. The molecule has 0 aliphatic heterocycles. The number of hydrogen-bond donors (Lipinski definition) is 1. The zero-order chi connectivity index (χ0) is 8.43. The molecule has 0 fully saturated rings. The van der Waals surface area contributed by atoms with Gasteiger partial charge < -0.3 is 5.73 Å². The number of thiophene rings is 1. The van der Waals surface area contributed by atoms with Gasteiger partial charge in [0.25, 0.3) is 0 Å². The predicted octanol–water partition coefficient (Wildman–Crippen LogP) is 1.50. The van der Waals surface area contributed by atoms with Crippen LogP contribution < -0.4 is 5.73 Å². The molecule has 0 atom stereocenters. The first-order chi connectivity index (χ1) is 5.16. The standard InChI is InChI=1S/C7H7NOS2/c1-4-3-11-5(2-10)6(4)7(8)9/h2-3H,1H3,(H2,8,9). The molecular weight excluding hydrogens is 178 g/mol. The molecule has 0 radical (unpaired) electrons. The van der Waals surface area contributed by atoms with E-state index in [1.807, 2.05) is 12.3 Å². The minimum atomic E-state index is -0.403. The van der Waals surface area contributed by atoms with E-state index in [0.717, 1.165) is 10.4 Å². The number of thiocarbonyl (C=S) groups is 1. The Labute approximate surface area is 74.0 Å². The first kappa shape index (κ1) is 8.36. The van der Waals surface area contributed by atoms with Crippen molar-refractivity contribution in [2.24, 2.45) is 5.73 Å². The van der Waals surface area contributed by atoms with E-state index in [1.54, 1.807) is 0 Å². The Morgan fingerprint density at radius 2 is 2.45 bits per heavy atom. The van der Waals surface area contributed by atoms with E-state index in [0.29, 0.717) is 5.56 Å². The summed E-state index contributed by atoms with van der Waals surface area (Å²) in [7, 11) is 0. The molecule has 1 amide bonds. The highest BCUT2D eigenvalue weighted by Crippen LogP contribution is 2.19. The van der Waals surface area contributed by atoms with Crippen molar-refractivity contribution in [2.45, 2.75) is 6.92 Å². The van der Waals surface area contributed by atoms with Gasteiger partial charge in [-0.25, -0.2) is 0 Å². The second-order valence-corrected chi connectivity index (χ2v) is 3.29. The second kappa shape index (κ2) is 3.11. The molecule has 1 aromatic heterocycles. The SMILES string of the molecule is Cc1csc(C=S)c1C(N)=O. The first-order valence-electron chi connectivity index (χ1n) is 3.00. The van der Waals surface area contributed by atoms with Crippen LogP contribution in [0.3, 0.4) is 0 Å². The van der Waals surface area contributed by atoms with Gasteiger partial charge in [0.2, 0.25) is 5.91 Å². The van der Waals surface area contributed by atoms with Crippen molar-refractivity contribution in [1.29, 1.82) is 0 Å². The van der Waals surface area contributed by atoms with Crippen molar-refractivity contribution in [2.75, 3.05) is 0 Å². The number of hydrogen-bond acceptors (Lipinski definition) is 3. The third-order valence-corrected chi connectivity index (χ3v) is 2.79. The summed E-state index contributed by atoms with van der Waals surface area (Å²) in [4.78, 5) is 11.6. The molecular formula is C7H7NOS2. The van der Waals surface area contributed by atoms with Crippen LogP contribution in [0.5, 0.6) is 0 Å². The van der Waals surface area contributed by atoms with Gasteiger partial charge in [0.1, 0.15) is 0 Å². The smallest absolute Gasteiger partial charge is 0.250 e. The molecule has 0 saturated heterocycles. The van der Waals surface area contributed by atoms with Crippen molar-refractivity contribution < 1.29 is 4.79 Å². The highest BCUT2D eigenvalue weighted by atomic mass is 32.1. The van der Waals surface area contributed by atoms with Gasteiger partial charge in [-0.3, -0.25) is 4.79 Å². The number of aryl methyl sites for hydroxylation is 1. The van der Waals surface area contributed by atoms with Crippen molar-refractivity contribution in [3.05, 3.63) is 21.4 Å². The molecule has 0 aliphatic rings. The van der Waals surface area contributed by atoms with Crippen LogP contribution in [0.4, 0.5) is 0 Å². The lowest BCUT2D eigenvalue weighted by atomic mass is 10.2. The van der Waals surface area contributed by atoms with Gasteiger partial charge in [0.05, 0.1) is 10.4 Å². The third kappa shape index (κ3) is 1.46. The number of carbonyl (C=O) groups excluding carboxylic acids is 1. The fourth-order valence-electron chi connectivity index (χ4n) is 0.867. The van der Waals surface area contributed by atoms with E-state index in [1.165, 1.54) is 16.7 Å². The molecule has 11 heavy (non-hydrogen) atoms. The Hall–Kier alpha value is -0.740. The van der Waals surface area contributed by atoms with E-state index in [9.17, 15) is 4.79 Å². The summed E-state index contributed by atoms with van der Waals surface area (Å²) >= 11 is 6.16. The van der Waals surface area contributed by atoms with Gasteiger partial charge in [-0.05, 0) is 17.9 Å². The highest BCUT2D eigenvalue weighted by Gasteiger charge is 2.10. The zero-order valence-electron chi connectivity index (χ0n) is 5.96. The van der Waals surface area contributed by atoms with Crippen LogP contribution in [0.25, 0.3) is 0 Å². The molecule has 1 rings (SSSR count). The molecule has 0 aromatic carbocycles. The minimum absolute atomic E-state index is 0.403. The van der Waals surface area contributed by atoms with Crippen molar-refractivity contribution in [1.82, 2.24) is 0 Å². The lowest BCUT2D eigenvalue weighted by molar-refractivity contribution is 0.1000. The van der Waals surface area contributed by atoms with Crippen LogP contribution in [0.15, 0.2) is 5.38 Å². The van der Waals surface area contributed by atoms with Crippen molar-refractivity contribution in [3.63, 3.8) is 0 Å². The van der Waals surface area contributed by atoms with E-state index in [4.69, 9.17) is 18.0 Å². The number of carbonyl (C=O) groups is 1. The van der Waals surface area contributed by atoms with Crippen LogP contribution >= 0.6 is 23.6 Å². The molecule has 58 valence electrons. The summed E-state index contributed by atoms with van der Waals surface area (Å²) in [6, 6.07) is 0. The minimum Gasteiger partial charge on any atom is -0.366 e. The number of primary amides is 1. The van der Waals surface area contributed by atoms with Crippen molar-refractivity contribution >= 4 is 34.8 Å². The summed E-state index contributed by atoms with van der Waals surface area (Å²) in [6.07, 6.45) is 0. The number of rotatable bonds is 2. The third-order valence-electron chi connectivity index (χ3n) is 1.36. The summed E-state index contributed by atoms with van der Waals surface area (Å²) in [5, 5.41) is 3.36. The largest absolute Gasteiger partial charge is 0.366 e. The van der Waals surface area contributed by atoms with E-state index < -0.39 is 5.91 Å². The van der Waals surface area contributed by atoms with Gasteiger partial charge in [-0.2, -0.15) is 0 Å². The van der Waals surface area contributed by atoms with Crippen LogP contribution in [0.1, 0.15) is 20.8 Å². The normalized spacial score (nSPS) is 9.55. The molecule has 4 heteroatoms. The molecule has 1 aromatic rings. The van der Waals surface area contributed by atoms with E-state index in [2.05, 4.69) is 0 Å². The molecule has 2 N–H and O–H groups in total. The first-order valence-corrected chi connectivity index (χ1v) is 4.35. The molecule has 0 aliphatic carbocycles. The highest BCUT2D eigenvalue weighted by molar-refractivity contribution is 7.79. The summed E-state index contributed by atoms with van der Waals surface area (Å²) in [6.45, 7) is 1.85. The van der Waals surface area contributed by atoms with Crippen molar-refractivity contribution in [3.8, 4) is 0 Å². The van der Waals surface area contributed by atoms with Crippen LogP contribution in [0.2, 0.25) is 0 Å². The van der Waals surface area contributed by atoms with Crippen LogP contribution in [0, 0.1) is 6.92 Å². The summed E-state index contributed by atoms with van der Waals surface area (Å²) in [5.74, 6) is -0.403. The van der Waals surface area contributed by atoms with Gasteiger partial charge >= 0.3 is 0 Å². The average molecular weight is 185 g/mol. The fraction of sp³-hybridized carbons (Fsp3) is 0.143. The molecule has 1 heterocycles. The lowest BCUT2D eigenvalue weighted by Crippen LogP contribution is -2.12. The summed E-state index contributed by atoms with van der Waals surface area (Å²) < 4.78 is 0. The Morgan fingerprint density at radius 3 is 2.82 bits per heavy atom. The van der Waals surface area contributed by atoms with Gasteiger partial charge in [-0.15, -0.1) is 11.3 Å². The summed E-state index contributed by atoms with van der Waals surface area (Å²) in [5.41, 5.74) is 6.60. The quantitative estimate of drug-likeness (QED) is 0.710. The molecule has 0 spiro atoms. The maximum atomic E-state index is 10.8. The van der Waals surface area contributed by atoms with Gasteiger partial charge in [0, 0.05) is 5.37 Å². The molecule has 2 nitrogen and oxygen atoms in total. The topological polar surface area (TPSA) is 43.1 Å². The van der Waals surface area contributed by atoms with E-state index in [-0.39, 0.29) is 0 Å². The maximum Gasteiger partial charge on any atom is 0.250 e. The maximum absolute atomic E-state index is 10.8. The zero-order valence-corrected chi connectivity index (χ0v) is 7.59. The van der Waals surface area contributed by atoms with Crippen LogP contribution in [-0.2, 0) is 0 Å². The van der Waals surface area contributed by atoms with Gasteiger partial charge in [0.15, 0.2) is 0 Å². The fourth-order valence-corrected chi connectivity index (χ4v) is 2.01. The monoisotopic (exact) mass is 185 g/mol. The number of nitrogens with two attached hydrogens (primary N) is 1. The molecule has 0 unspecified atom stereocenters. The Morgan fingerprint density at radius 1 is 1.82 bits per heavy atom. The second-order valence-electron chi connectivity index (χ2n) is 2.14. The average Bonchev–Trinajstić information content (AvgIpc) is 2.30. The number of amides is 1. The Bertz CT molecular complexity index is 303. The van der Waals surface area contributed by atoms with Crippen LogP contribution in [-0.4, -0.2) is 11.3 Å². The van der Waals surface area contributed by atoms with E-state index >= 15 is 0 Å². The predicted molar refractivity (Wildman–Crippen MR) is 50.3 cm³/mol. The Balaban J connectivity index is 3.28. The molecule has 0 saturated carbocycles.